The van der Waals surface area contributed by atoms with Crippen LogP contribution in [0.15, 0.2) is 0 Å². The molecule has 0 spiro atoms. The Morgan fingerprint density at radius 3 is 2.56 bits per heavy atom. The maximum atomic E-state index is 11.1. The van der Waals surface area contributed by atoms with Gasteiger partial charge in [-0.3, -0.25) is 4.79 Å². The first-order valence-electron chi connectivity index (χ1n) is 5.61. The van der Waals surface area contributed by atoms with Gasteiger partial charge in [0.15, 0.2) is 0 Å². The van der Waals surface area contributed by atoms with Crippen LogP contribution in [0.5, 0.6) is 0 Å². The Labute approximate surface area is 97.7 Å². The first-order valence-corrected chi connectivity index (χ1v) is 5.61. The molecule has 0 saturated heterocycles. The van der Waals surface area contributed by atoms with E-state index in [4.69, 9.17) is 14.2 Å². The van der Waals surface area contributed by atoms with E-state index in [2.05, 4.69) is 0 Å². The summed E-state index contributed by atoms with van der Waals surface area (Å²) in [6.07, 6.45) is 0.433. The van der Waals surface area contributed by atoms with E-state index in [0.29, 0.717) is 39.4 Å². The number of esters is 1. The van der Waals surface area contributed by atoms with Gasteiger partial charge in [-0.05, 0) is 14.0 Å². The normalized spacial score (nSPS) is 10.8. The van der Waals surface area contributed by atoms with Crippen LogP contribution < -0.4 is 0 Å². The number of hydrogen-bond donors (Lipinski definition) is 0. The van der Waals surface area contributed by atoms with Gasteiger partial charge in [0.05, 0.1) is 32.8 Å². The number of nitrogens with zero attached hydrogens (tertiary/aromatic N) is 1. The van der Waals surface area contributed by atoms with Crippen molar-refractivity contribution < 1.29 is 19.0 Å². The molecule has 0 unspecified atom stereocenters. The van der Waals surface area contributed by atoms with Gasteiger partial charge in [0, 0.05) is 20.2 Å². The Balaban J connectivity index is 3.30. The summed E-state index contributed by atoms with van der Waals surface area (Å²) in [4.78, 5) is 13.1. The zero-order valence-electron chi connectivity index (χ0n) is 10.5. The van der Waals surface area contributed by atoms with Crippen molar-refractivity contribution in [2.24, 2.45) is 0 Å². The molecule has 0 fully saturated rings. The maximum absolute atomic E-state index is 11.1. The largest absolute Gasteiger partial charge is 0.466 e. The molecule has 96 valence electrons. The Morgan fingerprint density at radius 2 is 1.94 bits per heavy atom. The summed E-state index contributed by atoms with van der Waals surface area (Å²) in [6.45, 7) is 5.65. The van der Waals surface area contributed by atoms with Crippen molar-refractivity contribution in [2.45, 2.75) is 13.3 Å². The summed E-state index contributed by atoms with van der Waals surface area (Å²) in [6, 6.07) is 0. The molecule has 0 aliphatic carbocycles. The molecule has 0 heterocycles. The predicted octanol–water partition coefficient (Wildman–Crippen LogP) is 0.534. The van der Waals surface area contributed by atoms with Gasteiger partial charge in [-0.2, -0.15) is 0 Å². The molecule has 0 rings (SSSR count). The molecule has 0 aromatic heterocycles. The van der Waals surface area contributed by atoms with Crippen molar-refractivity contribution in [2.75, 3.05) is 53.7 Å². The number of carbonyl (C=O) groups excluding carboxylic acids is 1. The highest BCUT2D eigenvalue weighted by molar-refractivity contribution is 5.69. The van der Waals surface area contributed by atoms with E-state index in [1.165, 1.54) is 0 Å². The molecule has 16 heavy (non-hydrogen) atoms. The van der Waals surface area contributed by atoms with E-state index in [1.54, 1.807) is 7.11 Å². The number of rotatable bonds is 10. The summed E-state index contributed by atoms with van der Waals surface area (Å²) in [5.74, 6) is -0.144. The lowest BCUT2D eigenvalue weighted by molar-refractivity contribution is -0.143. The molecule has 0 N–H and O–H groups in total. The van der Waals surface area contributed by atoms with Crippen LogP contribution in [0, 0.1) is 0 Å². The minimum absolute atomic E-state index is 0.144. The van der Waals surface area contributed by atoms with Crippen LogP contribution >= 0.6 is 0 Å². The Kier molecular flexibility index (Phi) is 10.4. The average Bonchev–Trinajstić information content (AvgIpc) is 2.26. The number of methoxy groups -OCH3 is 1. The van der Waals surface area contributed by atoms with E-state index in [9.17, 15) is 4.79 Å². The molecule has 5 nitrogen and oxygen atoms in total. The van der Waals surface area contributed by atoms with Crippen molar-refractivity contribution in [1.29, 1.82) is 0 Å². The van der Waals surface area contributed by atoms with Crippen molar-refractivity contribution in [3.05, 3.63) is 0 Å². The standard InChI is InChI=1S/C11H23NO4/c1-4-16-11(13)5-6-12(2)7-8-15-10-9-14-3/h4-10H2,1-3H3. The maximum Gasteiger partial charge on any atom is 0.307 e. The quantitative estimate of drug-likeness (QED) is 0.407. The molecule has 0 radical (unpaired) electrons. The molecule has 0 aliphatic heterocycles. The van der Waals surface area contributed by atoms with Crippen LogP contribution in [-0.2, 0) is 19.0 Å². The number of hydrogen-bond acceptors (Lipinski definition) is 5. The summed E-state index contributed by atoms with van der Waals surface area (Å²) < 4.78 is 15.0. The summed E-state index contributed by atoms with van der Waals surface area (Å²) in [7, 11) is 3.60. The number of carbonyl (C=O) groups is 1. The number of ether oxygens (including phenoxy) is 3. The molecular weight excluding hydrogens is 210 g/mol. The third-order valence-corrected chi connectivity index (χ3v) is 2.05. The predicted molar refractivity (Wildman–Crippen MR) is 61.4 cm³/mol. The third-order valence-electron chi connectivity index (χ3n) is 2.05. The van der Waals surface area contributed by atoms with Crippen LogP contribution in [0.3, 0.4) is 0 Å². The lowest BCUT2D eigenvalue weighted by Crippen LogP contribution is -2.26. The van der Waals surface area contributed by atoms with Gasteiger partial charge in [0.1, 0.15) is 0 Å². The molecule has 0 aromatic rings. The molecular formula is C11H23NO4. The van der Waals surface area contributed by atoms with E-state index in [1.807, 2.05) is 18.9 Å². The second-order valence-corrected chi connectivity index (χ2v) is 3.46. The minimum atomic E-state index is -0.144. The Morgan fingerprint density at radius 1 is 1.19 bits per heavy atom. The van der Waals surface area contributed by atoms with Crippen LogP contribution in [0.4, 0.5) is 0 Å². The Bertz CT molecular complexity index is 175. The van der Waals surface area contributed by atoms with Gasteiger partial charge in [0.25, 0.3) is 0 Å². The minimum Gasteiger partial charge on any atom is -0.466 e. The monoisotopic (exact) mass is 233 g/mol. The zero-order chi connectivity index (χ0) is 12.2. The lowest BCUT2D eigenvalue weighted by Gasteiger charge is -2.15. The number of likely N-dealkylation sites (N-methyl/N-ethyl adjacent to an activating group) is 1. The fourth-order valence-electron chi connectivity index (χ4n) is 1.09. The van der Waals surface area contributed by atoms with Gasteiger partial charge in [-0.15, -0.1) is 0 Å². The van der Waals surface area contributed by atoms with E-state index in [-0.39, 0.29) is 5.97 Å². The highest BCUT2D eigenvalue weighted by atomic mass is 16.5. The fraction of sp³-hybridized carbons (Fsp3) is 0.909. The van der Waals surface area contributed by atoms with Crippen molar-refractivity contribution in [3.8, 4) is 0 Å². The van der Waals surface area contributed by atoms with Crippen LogP contribution in [0.1, 0.15) is 13.3 Å². The highest BCUT2D eigenvalue weighted by Crippen LogP contribution is 1.91. The van der Waals surface area contributed by atoms with Gasteiger partial charge in [0.2, 0.25) is 0 Å². The molecule has 0 aromatic carbocycles. The fourth-order valence-corrected chi connectivity index (χ4v) is 1.09. The first kappa shape index (κ1) is 15.3. The van der Waals surface area contributed by atoms with Gasteiger partial charge >= 0.3 is 5.97 Å². The molecule has 0 aliphatic rings. The first-order chi connectivity index (χ1) is 7.70. The van der Waals surface area contributed by atoms with Crippen LogP contribution in [-0.4, -0.2) is 64.5 Å². The molecule has 0 bridgehead atoms. The van der Waals surface area contributed by atoms with E-state index >= 15 is 0 Å². The summed E-state index contributed by atoms with van der Waals surface area (Å²) in [5, 5.41) is 0. The SMILES string of the molecule is CCOC(=O)CCN(C)CCOCCOC. The lowest BCUT2D eigenvalue weighted by atomic mass is 10.4. The van der Waals surface area contributed by atoms with E-state index in [0.717, 1.165) is 6.54 Å². The van der Waals surface area contributed by atoms with Gasteiger partial charge in [-0.25, -0.2) is 0 Å². The van der Waals surface area contributed by atoms with Crippen LogP contribution in [0.25, 0.3) is 0 Å². The topological polar surface area (TPSA) is 48.0 Å². The highest BCUT2D eigenvalue weighted by Gasteiger charge is 2.04. The summed E-state index contributed by atoms with van der Waals surface area (Å²) >= 11 is 0. The van der Waals surface area contributed by atoms with Crippen LogP contribution in [0.2, 0.25) is 0 Å². The average molecular weight is 233 g/mol. The molecule has 0 amide bonds. The van der Waals surface area contributed by atoms with Gasteiger partial charge < -0.3 is 19.1 Å². The summed E-state index contributed by atoms with van der Waals surface area (Å²) in [5.41, 5.74) is 0. The molecule has 5 heteroatoms. The van der Waals surface area contributed by atoms with E-state index < -0.39 is 0 Å². The Hall–Kier alpha value is -0.650. The second-order valence-electron chi connectivity index (χ2n) is 3.46. The smallest absolute Gasteiger partial charge is 0.307 e. The van der Waals surface area contributed by atoms with Crippen molar-refractivity contribution in [1.82, 2.24) is 4.90 Å². The zero-order valence-corrected chi connectivity index (χ0v) is 10.5. The van der Waals surface area contributed by atoms with Crippen molar-refractivity contribution >= 4 is 5.97 Å². The third kappa shape index (κ3) is 9.89. The second kappa shape index (κ2) is 10.9. The molecule has 0 saturated carbocycles. The van der Waals surface area contributed by atoms with Gasteiger partial charge in [-0.1, -0.05) is 0 Å². The van der Waals surface area contributed by atoms with Crippen molar-refractivity contribution in [3.63, 3.8) is 0 Å². The molecule has 0 atom stereocenters.